The molecule has 0 bridgehead atoms. The monoisotopic (exact) mass is 192 g/mol. The summed E-state index contributed by atoms with van der Waals surface area (Å²) in [5.74, 6) is 0.837. The van der Waals surface area contributed by atoms with E-state index in [1.807, 2.05) is 30.4 Å². The van der Waals surface area contributed by atoms with Crippen molar-refractivity contribution in [3.63, 3.8) is 0 Å². The first-order valence-corrected chi connectivity index (χ1v) is 4.56. The van der Waals surface area contributed by atoms with Gasteiger partial charge in [-0.05, 0) is 31.1 Å². The van der Waals surface area contributed by atoms with Crippen LogP contribution in [0.15, 0.2) is 41.1 Å². The molecule has 0 aliphatic heterocycles. The van der Waals surface area contributed by atoms with Crippen LogP contribution in [0.25, 0.3) is 0 Å². The van der Waals surface area contributed by atoms with Gasteiger partial charge < -0.3 is 0 Å². The maximum atomic E-state index is 10.1. The van der Waals surface area contributed by atoms with Crippen molar-refractivity contribution in [2.75, 3.05) is 7.11 Å². The van der Waals surface area contributed by atoms with Crippen LogP contribution >= 0.6 is 0 Å². The van der Waals surface area contributed by atoms with Gasteiger partial charge in [-0.2, -0.15) is 4.91 Å². The molecule has 3 heteroatoms. The van der Waals surface area contributed by atoms with Gasteiger partial charge in [0.2, 0.25) is 0 Å². The predicted molar refractivity (Wildman–Crippen MR) is 57.2 cm³/mol. The van der Waals surface area contributed by atoms with Crippen molar-refractivity contribution in [2.45, 2.75) is 19.4 Å². The first-order chi connectivity index (χ1) is 6.76. The highest BCUT2D eigenvalue weighted by Gasteiger charge is 2.05. The summed E-state index contributed by atoms with van der Waals surface area (Å²) in [5, 5.41) is 2.93. The molecule has 0 amide bonds. The zero-order valence-electron chi connectivity index (χ0n) is 8.43. The van der Waals surface area contributed by atoms with Crippen LogP contribution in [0.3, 0.4) is 0 Å². The summed E-state index contributed by atoms with van der Waals surface area (Å²) >= 11 is 0. The number of allylic oxidation sites excluding steroid dienone is 5. The quantitative estimate of drug-likeness (QED) is 0.499. The first-order valence-electron chi connectivity index (χ1n) is 4.56. The van der Waals surface area contributed by atoms with Gasteiger partial charge in [0.05, 0.1) is 6.04 Å². The van der Waals surface area contributed by atoms with Gasteiger partial charge in [0.15, 0.2) is 0 Å². The molecular weight excluding hydrogens is 178 g/mol. The normalized spacial score (nSPS) is 16.7. The third kappa shape index (κ3) is 3.09. The van der Waals surface area contributed by atoms with E-state index in [1.54, 1.807) is 14.0 Å². The molecule has 0 N–H and O–H groups in total. The second-order valence-electron chi connectivity index (χ2n) is 3.17. The van der Waals surface area contributed by atoms with Crippen LogP contribution < -0.4 is 0 Å². The minimum absolute atomic E-state index is 0.155. The van der Waals surface area contributed by atoms with E-state index in [1.165, 1.54) is 0 Å². The number of hydrogen-bond donors (Lipinski definition) is 0. The first kappa shape index (κ1) is 10.6. The van der Waals surface area contributed by atoms with E-state index in [0.29, 0.717) is 6.42 Å². The summed E-state index contributed by atoms with van der Waals surface area (Å²) in [6.07, 6.45) is 10.4. The lowest BCUT2D eigenvalue weighted by Gasteiger charge is -1.99. The van der Waals surface area contributed by atoms with Crippen molar-refractivity contribution in [1.82, 2.24) is 0 Å². The van der Waals surface area contributed by atoms with Crippen LogP contribution in [0.5, 0.6) is 0 Å². The molecule has 1 rings (SSSR count). The fourth-order valence-corrected chi connectivity index (χ4v) is 1.09. The Hall–Kier alpha value is -1.51. The lowest BCUT2D eigenvalue weighted by Crippen LogP contribution is -1.97. The Morgan fingerprint density at radius 3 is 2.57 bits per heavy atom. The summed E-state index contributed by atoms with van der Waals surface area (Å²) in [5.41, 5.74) is 1.08. The predicted octanol–water partition coefficient (Wildman–Crippen LogP) is 2.32. The molecule has 74 valence electrons. The SMILES string of the molecule is C[O+]=C1C=CC(=CCC(C)N=O)C=C1. The molecule has 0 radical (unpaired) electrons. The van der Waals surface area contributed by atoms with Crippen LogP contribution in [-0.4, -0.2) is 18.9 Å². The van der Waals surface area contributed by atoms with E-state index in [4.69, 9.17) is 4.42 Å². The second kappa shape index (κ2) is 5.27. The van der Waals surface area contributed by atoms with Gasteiger partial charge >= 0.3 is 5.78 Å². The van der Waals surface area contributed by atoms with Gasteiger partial charge in [-0.25, -0.2) is 0 Å². The number of nitrogens with zero attached hydrogens (tertiary/aromatic N) is 1. The van der Waals surface area contributed by atoms with Crippen LogP contribution in [0.1, 0.15) is 13.3 Å². The van der Waals surface area contributed by atoms with Crippen molar-refractivity contribution in [1.29, 1.82) is 0 Å². The zero-order valence-corrected chi connectivity index (χ0v) is 8.43. The third-order valence-electron chi connectivity index (χ3n) is 1.99. The average molecular weight is 192 g/mol. The Balaban J connectivity index is 2.57. The van der Waals surface area contributed by atoms with E-state index in [2.05, 4.69) is 5.18 Å². The highest BCUT2D eigenvalue weighted by molar-refractivity contribution is 6.01. The molecule has 0 fully saturated rings. The lowest BCUT2D eigenvalue weighted by molar-refractivity contribution is -0.417. The van der Waals surface area contributed by atoms with Crippen LogP contribution in [0, 0.1) is 4.91 Å². The Kier molecular flexibility index (Phi) is 3.98. The molecule has 0 spiro atoms. The van der Waals surface area contributed by atoms with Gasteiger partial charge in [0.25, 0.3) is 7.11 Å². The smallest absolute Gasteiger partial charge is 0.258 e. The Morgan fingerprint density at radius 2 is 2.07 bits per heavy atom. The standard InChI is InChI=1S/C11H14NO2/c1-9(12-13)3-4-10-5-7-11(14-2)8-6-10/h4-9H,3H2,1-2H3/q+1. The molecule has 0 saturated heterocycles. The zero-order chi connectivity index (χ0) is 10.4. The maximum Gasteiger partial charge on any atom is 0.343 e. The van der Waals surface area contributed by atoms with E-state index < -0.39 is 0 Å². The van der Waals surface area contributed by atoms with Gasteiger partial charge in [-0.15, -0.1) is 0 Å². The van der Waals surface area contributed by atoms with E-state index in [0.717, 1.165) is 11.4 Å². The summed E-state index contributed by atoms with van der Waals surface area (Å²) in [6, 6.07) is -0.155. The van der Waals surface area contributed by atoms with Crippen molar-refractivity contribution < 1.29 is 4.42 Å². The van der Waals surface area contributed by atoms with Crippen molar-refractivity contribution in [3.8, 4) is 0 Å². The van der Waals surface area contributed by atoms with Crippen molar-refractivity contribution in [3.05, 3.63) is 40.9 Å². The summed E-state index contributed by atoms with van der Waals surface area (Å²) in [4.78, 5) is 10.1. The van der Waals surface area contributed by atoms with E-state index in [9.17, 15) is 4.91 Å². The Labute approximate surface area is 83.5 Å². The summed E-state index contributed by atoms with van der Waals surface area (Å²) in [7, 11) is 1.64. The van der Waals surface area contributed by atoms with Gasteiger partial charge in [-0.1, -0.05) is 11.3 Å². The molecule has 0 saturated carbocycles. The minimum Gasteiger partial charge on any atom is -0.258 e. The maximum absolute atomic E-state index is 10.1. The topological polar surface area (TPSA) is 40.7 Å². The van der Waals surface area contributed by atoms with Crippen LogP contribution in [0.4, 0.5) is 0 Å². The van der Waals surface area contributed by atoms with Crippen molar-refractivity contribution >= 4 is 5.78 Å². The average Bonchev–Trinajstić information content (AvgIpc) is 2.26. The summed E-state index contributed by atoms with van der Waals surface area (Å²) < 4.78 is 5.03. The van der Waals surface area contributed by atoms with Gasteiger partial charge in [-0.3, -0.25) is 4.42 Å². The third-order valence-corrected chi connectivity index (χ3v) is 1.99. The van der Waals surface area contributed by atoms with Crippen molar-refractivity contribution in [2.24, 2.45) is 5.18 Å². The highest BCUT2D eigenvalue weighted by atomic mass is 16.4. The van der Waals surface area contributed by atoms with Gasteiger partial charge in [0, 0.05) is 12.2 Å². The number of nitroso groups, excluding NO2 is 1. The molecule has 0 aromatic heterocycles. The summed E-state index contributed by atoms with van der Waals surface area (Å²) in [6.45, 7) is 1.80. The molecule has 0 heterocycles. The Morgan fingerprint density at radius 1 is 1.43 bits per heavy atom. The highest BCUT2D eigenvalue weighted by Crippen LogP contribution is 2.09. The molecule has 0 aromatic rings. The van der Waals surface area contributed by atoms with Gasteiger partial charge in [0.1, 0.15) is 0 Å². The second-order valence-corrected chi connectivity index (χ2v) is 3.17. The molecular formula is C11H14NO2+. The molecule has 1 aliphatic rings. The van der Waals surface area contributed by atoms with Crippen LogP contribution in [0.2, 0.25) is 0 Å². The van der Waals surface area contributed by atoms with E-state index in [-0.39, 0.29) is 6.04 Å². The molecule has 1 atom stereocenters. The number of ketones is 1. The number of carbonyl (C=O) groups excluding carboxylic acids is 1. The Bertz CT molecular complexity index is 306. The fraction of sp³-hybridized carbons (Fsp3) is 0.364. The van der Waals surface area contributed by atoms with E-state index >= 15 is 0 Å². The lowest BCUT2D eigenvalue weighted by atomic mass is 10.1. The molecule has 14 heavy (non-hydrogen) atoms. The largest absolute Gasteiger partial charge is 0.343 e. The number of hydrogen-bond acceptors (Lipinski definition) is 2. The number of rotatable bonds is 3. The minimum atomic E-state index is -0.155. The van der Waals surface area contributed by atoms with Crippen LogP contribution in [-0.2, 0) is 4.42 Å². The molecule has 1 unspecified atom stereocenters. The molecule has 1 aliphatic carbocycles. The fourth-order valence-electron chi connectivity index (χ4n) is 1.09. The molecule has 3 nitrogen and oxygen atoms in total. The molecule has 0 aromatic carbocycles.